The number of imide groups is 1. The number of hydrogen-bond donors (Lipinski definition) is 2. The molecular formula is C11H17N5O2S. The molecule has 1 aliphatic rings. The maximum atomic E-state index is 12.1. The summed E-state index contributed by atoms with van der Waals surface area (Å²) in [4.78, 5) is 29.0. The van der Waals surface area contributed by atoms with Gasteiger partial charge in [-0.3, -0.25) is 14.8 Å². The average Bonchev–Trinajstić information content (AvgIpc) is 2.97. The summed E-state index contributed by atoms with van der Waals surface area (Å²) in [6.07, 6.45) is 0. The summed E-state index contributed by atoms with van der Waals surface area (Å²) >= 11 is 1.25. The third-order valence-corrected chi connectivity index (χ3v) is 3.73. The number of hydrogen-bond acceptors (Lipinski definition) is 5. The van der Waals surface area contributed by atoms with Crippen LogP contribution < -0.4 is 5.32 Å². The van der Waals surface area contributed by atoms with E-state index in [1.807, 2.05) is 13.8 Å². The van der Waals surface area contributed by atoms with Crippen molar-refractivity contribution in [3.63, 3.8) is 0 Å². The Bertz CT molecular complexity index is 487. The van der Waals surface area contributed by atoms with Crippen LogP contribution in [0.15, 0.2) is 5.16 Å². The lowest BCUT2D eigenvalue weighted by molar-refractivity contribution is -0.126. The summed E-state index contributed by atoms with van der Waals surface area (Å²) in [5, 5.41) is 9.65. The number of H-pyrrole nitrogens is 1. The molecule has 19 heavy (non-hydrogen) atoms. The van der Waals surface area contributed by atoms with Gasteiger partial charge in [-0.1, -0.05) is 25.6 Å². The van der Waals surface area contributed by atoms with Gasteiger partial charge in [0.2, 0.25) is 11.1 Å². The lowest BCUT2D eigenvalue weighted by Gasteiger charge is -2.15. The van der Waals surface area contributed by atoms with Crippen molar-refractivity contribution in [3.05, 3.63) is 5.82 Å². The normalized spacial score (nSPS) is 16.8. The van der Waals surface area contributed by atoms with Gasteiger partial charge in [0.25, 0.3) is 0 Å². The molecule has 1 aliphatic heterocycles. The second-order valence-corrected chi connectivity index (χ2v) is 5.95. The SMILES string of the molecule is CC(Sc1n[nH]c(C(C)C)n1)C(=O)N1CCNC1=O. The van der Waals surface area contributed by atoms with Gasteiger partial charge < -0.3 is 5.32 Å². The van der Waals surface area contributed by atoms with Gasteiger partial charge in [0.05, 0.1) is 5.25 Å². The first-order valence-electron chi connectivity index (χ1n) is 6.17. The molecule has 1 saturated heterocycles. The van der Waals surface area contributed by atoms with Crippen LogP contribution in [0.4, 0.5) is 4.79 Å². The third-order valence-electron chi connectivity index (χ3n) is 2.78. The van der Waals surface area contributed by atoms with Gasteiger partial charge in [0, 0.05) is 19.0 Å². The highest BCUT2D eigenvalue weighted by atomic mass is 32.2. The minimum Gasteiger partial charge on any atom is -0.336 e. The minimum atomic E-state index is -0.389. The Balaban J connectivity index is 1.97. The van der Waals surface area contributed by atoms with Gasteiger partial charge in [-0.15, -0.1) is 5.10 Å². The van der Waals surface area contributed by atoms with Crippen LogP contribution in [0.25, 0.3) is 0 Å². The van der Waals surface area contributed by atoms with Gasteiger partial charge in [-0.25, -0.2) is 9.78 Å². The van der Waals surface area contributed by atoms with Crippen molar-refractivity contribution in [1.29, 1.82) is 0 Å². The standard InChI is InChI=1S/C11H17N5O2S/c1-6(2)8-13-10(15-14-8)19-7(3)9(17)16-5-4-12-11(16)18/h6-7H,4-5H2,1-3H3,(H,12,18)(H,13,14,15). The Morgan fingerprint density at radius 1 is 1.42 bits per heavy atom. The van der Waals surface area contributed by atoms with E-state index in [4.69, 9.17) is 0 Å². The zero-order valence-corrected chi connectivity index (χ0v) is 12.0. The molecule has 2 N–H and O–H groups in total. The summed E-state index contributed by atoms with van der Waals surface area (Å²) in [5.41, 5.74) is 0. The Morgan fingerprint density at radius 3 is 2.68 bits per heavy atom. The van der Waals surface area contributed by atoms with Crippen LogP contribution in [-0.4, -0.2) is 50.4 Å². The van der Waals surface area contributed by atoms with Crippen LogP contribution in [0.1, 0.15) is 32.5 Å². The topological polar surface area (TPSA) is 91.0 Å². The first-order valence-corrected chi connectivity index (χ1v) is 7.05. The smallest absolute Gasteiger partial charge is 0.324 e. The van der Waals surface area contributed by atoms with Gasteiger partial charge in [-0.05, 0) is 6.92 Å². The number of thioether (sulfide) groups is 1. The highest BCUT2D eigenvalue weighted by molar-refractivity contribution is 8.00. The van der Waals surface area contributed by atoms with Crippen LogP contribution >= 0.6 is 11.8 Å². The largest absolute Gasteiger partial charge is 0.336 e. The minimum absolute atomic E-state index is 0.212. The molecule has 7 nitrogen and oxygen atoms in total. The molecule has 0 aromatic carbocycles. The highest BCUT2D eigenvalue weighted by Gasteiger charge is 2.30. The van der Waals surface area contributed by atoms with Crippen molar-refractivity contribution in [2.45, 2.75) is 37.1 Å². The monoisotopic (exact) mass is 283 g/mol. The molecule has 0 radical (unpaired) electrons. The van der Waals surface area contributed by atoms with Gasteiger partial charge in [0.1, 0.15) is 5.82 Å². The summed E-state index contributed by atoms with van der Waals surface area (Å²) in [7, 11) is 0. The number of rotatable bonds is 4. The maximum absolute atomic E-state index is 12.1. The van der Waals surface area contributed by atoms with Crippen LogP contribution in [0.5, 0.6) is 0 Å². The molecule has 104 valence electrons. The van der Waals surface area contributed by atoms with Gasteiger partial charge >= 0.3 is 6.03 Å². The number of urea groups is 1. The highest BCUT2D eigenvalue weighted by Crippen LogP contribution is 2.22. The molecule has 1 aromatic heterocycles. The fourth-order valence-electron chi connectivity index (χ4n) is 1.68. The van der Waals surface area contributed by atoms with Crippen molar-refractivity contribution in [2.75, 3.05) is 13.1 Å². The van der Waals surface area contributed by atoms with Crippen molar-refractivity contribution in [1.82, 2.24) is 25.4 Å². The lowest BCUT2D eigenvalue weighted by atomic mass is 10.2. The molecule has 1 atom stereocenters. The molecule has 0 aliphatic carbocycles. The molecule has 0 bridgehead atoms. The van der Waals surface area contributed by atoms with Crippen LogP contribution in [-0.2, 0) is 4.79 Å². The van der Waals surface area contributed by atoms with E-state index in [2.05, 4.69) is 20.5 Å². The Kier molecular flexibility index (Phi) is 4.08. The predicted octanol–water partition coefficient (Wildman–Crippen LogP) is 0.960. The fraction of sp³-hybridized carbons (Fsp3) is 0.636. The van der Waals surface area contributed by atoms with Crippen molar-refractivity contribution >= 4 is 23.7 Å². The second kappa shape index (κ2) is 5.60. The van der Waals surface area contributed by atoms with Crippen molar-refractivity contribution < 1.29 is 9.59 Å². The zero-order valence-electron chi connectivity index (χ0n) is 11.1. The van der Waals surface area contributed by atoms with E-state index in [1.165, 1.54) is 16.7 Å². The number of aromatic amines is 1. The molecule has 0 spiro atoms. The van der Waals surface area contributed by atoms with E-state index in [0.717, 1.165) is 5.82 Å². The van der Waals surface area contributed by atoms with Crippen LogP contribution in [0.2, 0.25) is 0 Å². The van der Waals surface area contributed by atoms with Crippen molar-refractivity contribution in [3.8, 4) is 0 Å². The molecule has 1 aromatic rings. The molecule has 3 amide bonds. The molecule has 0 saturated carbocycles. The summed E-state index contributed by atoms with van der Waals surface area (Å²) < 4.78 is 0. The van der Waals surface area contributed by atoms with E-state index >= 15 is 0 Å². The van der Waals surface area contributed by atoms with E-state index in [0.29, 0.717) is 18.2 Å². The molecule has 8 heteroatoms. The first kappa shape index (κ1) is 13.9. The molecule has 1 fully saturated rings. The zero-order chi connectivity index (χ0) is 14.0. The average molecular weight is 283 g/mol. The molecular weight excluding hydrogens is 266 g/mol. The van der Waals surface area contributed by atoms with E-state index < -0.39 is 0 Å². The predicted molar refractivity (Wildman–Crippen MR) is 70.9 cm³/mol. The molecule has 1 unspecified atom stereocenters. The number of nitrogens with one attached hydrogen (secondary N) is 2. The summed E-state index contributed by atoms with van der Waals surface area (Å²) in [6.45, 7) is 6.72. The van der Waals surface area contributed by atoms with Gasteiger partial charge in [0.15, 0.2) is 0 Å². The van der Waals surface area contributed by atoms with E-state index in [9.17, 15) is 9.59 Å². The summed E-state index contributed by atoms with van der Waals surface area (Å²) in [6, 6.07) is -0.324. The number of aromatic nitrogens is 3. The Labute approximate surface area is 115 Å². The number of nitrogens with zero attached hydrogens (tertiary/aromatic N) is 3. The molecule has 2 heterocycles. The van der Waals surface area contributed by atoms with Gasteiger partial charge in [-0.2, -0.15) is 0 Å². The number of carbonyl (C=O) groups is 2. The van der Waals surface area contributed by atoms with Crippen molar-refractivity contribution in [2.24, 2.45) is 0 Å². The number of amides is 3. The second-order valence-electron chi connectivity index (χ2n) is 4.64. The number of carbonyl (C=O) groups excluding carboxylic acids is 2. The Hall–Kier alpha value is -1.57. The van der Waals surface area contributed by atoms with E-state index in [-0.39, 0.29) is 23.1 Å². The first-order chi connectivity index (χ1) is 8.99. The summed E-state index contributed by atoms with van der Waals surface area (Å²) in [5.74, 6) is 0.842. The fourth-order valence-corrected chi connectivity index (χ4v) is 2.47. The molecule has 2 rings (SSSR count). The lowest BCUT2D eigenvalue weighted by Crippen LogP contribution is -2.38. The van der Waals surface area contributed by atoms with Crippen LogP contribution in [0.3, 0.4) is 0 Å². The maximum Gasteiger partial charge on any atom is 0.324 e. The Morgan fingerprint density at radius 2 is 2.16 bits per heavy atom. The third kappa shape index (κ3) is 3.06. The quantitative estimate of drug-likeness (QED) is 0.803. The van der Waals surface area contributed by atoms with Crippen LogP contribution in [0, 0.1) is 0 Å². The van der Waals surface area contributed by atoms with E-state index in [1.54, 1.807) is 6.92 Å².